The smallest absolute Gasteiger partial charge is 0.416 e. The fourth-order valence-corrected chi connectivity index (χ4v) is 6.61. The van der Waals surface area contributed by atoms with Crippen molar-refractivity contribution in [1.29, 1.82) is 0 Å². The quantitative estimate of drug-likeness (QED) is 0.407. The number of carboxylic acid groups (broad SMARTS) is 1. The van der Waals surface area contributed by atoms with Gasteiger partial charge in [-0.15, -0.1) is 0 Å². The average Bonchev–Trinajstić information content (AvgIpc) is 3.28. The van der Waals surface area contributed by atoms with E-state index in [1.165, 1.54) is 13.2 Å². The lowest BCUT2D eigenvalue weighted by Crippen LogP contribution is -2.49. The molecule has 2 aliphatic rings. The number of methoxy groups -OCH3 is 1. The van der Waals surface area contributed by atoms with Gasteiger partial charge in [0.15, 0.2) is 0 Å². The van der Waals surface area contributed by atoms with Crippen molar-refractivity contribution in [3.8, 4) is 5.75 Å². The number of benzene rings is 2. The number of aliphatic carboxylic acids is 1. The fourth-order valence-electron chi connectivity index (χ4n) is 6.61. The van der Waals surface area contributed by atoms with Crippen LogP contribution in [0.2, 0.25) is 0 Å². The van der Waals surface area contributed by atoms with Crippen molar-refractivity contribution in [2.24, 2.45) is 17.3 Å². The Morgan fingerprint density at radius 3 is 2.23 bits per heavy atom. The van der Waals surface area contributed by atoms with Gasteiger partial charge in [-0.1, -0.05) is 70.4 Å². The molecule has 9 heteroatoms. The summed E-state index contributed by atoms with van der Waals surface area (Å²) in [6, 6.07) is 10.4. The van der Waals surface area contributed by atoms with Gasteiger partial charge in [0, 0.05) is 30.0 Å². The highest BCUT2D eigenvalue weighted by Crippen LogP contribution is 2.49. The molecule has 2 aromatic carbocycles. The minimum Gasteiger partial charge on any atom is -0.496 e. The Kier molecular flexibility index (Phi) is 8.83. The highest BCUT2D eigenvalue weighted by molar-refractivity contribution is 5.87. The monoisotopic (exact) mass is 560 g/mol. The first-order valence-electron chi connectivity index (χ1n) is 13.9. The third-order valence-electron chi connectivity index (χ3n) is 8.41. The van der Waals surface area contributed by atoms with Crippen LogP contribution in [0.4, 0.5) is 13.2 Å². The van der Waals surface area contributed by atoms with E-state index in [9.17, 15) is 27.9 Å². The Hall–Kier alpha value is -3.07. The normalized spacial score (nSPS) is 24.2. The summed E-state index contributed by atoms with van der Waals surface area (Å²) in [4.78, 5) is 28.7. The van der Waals surface area contributed by atoms with Crippen LogP contribution in [0.25, 0.3) is 0 Å². The van der Waals surface area contributed by atoms with E-state index in [-0.39, 0.29) is 18.4 Å². The molecule has 2 aromatic rings. The predicted octanol–water partition coefficient (Wildman–Crippen LogP) is 6.45. The van der Waals surface area contributed by atoms with Crippen LogP contribution in [0.3, 0.4) is 0 Å². The number of rotatable bonds is 7. The topological polar surface area (TPSA) is 78.9 Å². The van der Waals surface area contributed by atoms with Gasteiger partial charge in [0.05, 0.1) is 18.7 Å². The number of amides is 1. The first kappa shape index (κ1) is 29.9. The minimum absolute atomic E-state index is 0.00543. The Morgan fingerprint density at radius 2 is 1.68 bits per heavy atom. The highest BCUT2D eigenvalue weighted by atomic mass is 19.4. The van der Waals surface area contributed by atoms with Crippen LogP contribution >= 0.6 is 0 Å². The van der Waals surface area contributed by atoms with E-state index in [0.29, 0.717) is 11.3 Å². The van der Waals surface area contributed by atoms with E-state index in [4.69, 9.17) is 4.74 Å². The Balaban J connectivity index is 1.81. The SMILES string of the molecule is COc1ccc(C(F)(F)F)cc1CN[C@@H]1[C@@H](C(C)(C)C)[C@H](C(=O)O)N(C(=O)C2CCCCC2)[C@@H]1c1ccccc1. The number of likely N-dealkylation sites (tertiary alicyclic amines) is 1. The molecule has 1 saturated carbocycles. The molecule has 1 aliphatic heterocycles. The zero-order valence-corrected chi connectivity index (χ0v) is 23.5. The molecule has 1 amide bonds. The van der Waals surface area contributed by atoms with Gasteiger partial charge in [-0.2, -0.15) is 13.2 Å². The summed E-state index contributed by atoms with van der Waals surface area (Å²) in [5, 5.41) is 14.0. The summed E-state index contributed by atoms with van der Waals surface area (Å²) in [6.45, 7) is 5.85. The summed E-state index contributed by atoms with van der Waals surface area (Å²) >= 11 is 0. The van der Waals surface area contributed by atoms with Crippen LogP contribution in [0.15, 0.2) is 48.5 Å². The number of nitrogens with zero attached hydrogens (tertiary/aromatic N) is 1. The molecule has 40 heavy (non-hydrogen) atoms. The van der Waals surface area contributed by atoms with E-state index in [1.807, 2.05) is 51.1 Å². The number of alkyl halides is 3. The van der Waals surface area contributed by atoms with Gasteiger partial charge in [-0.3, -0.25) is 4.79 Å². The molecule has 218 valence electrons. The number of carbonyl (C=O) groups excluding carboxylic acids is 1. The van der Waals surface area contributed by atoms with Crippen molar-refractivity contribution in [3.05, 3.63) is 65.2 Å². The number of hydrogen-bond acceptors (Lipinski definition) is 4. The fraction of sp³-hybridized carbons (Fsp3) is 0.548. The van der Waals surface area contributed by atoms with Crippen LogP contribution in [-0.2, 0) is 22.3 Å². The molecule has 6 nitrogen and oxygen atoms in total. The lowest BCUT2D eigenvalue weighted by molar-refractivity contribution is -0.154. The zero-order chi connectivity index (χ0) is 29.2. The molecule has 0 radical (unpaired) electrons. The molecule has 0 bridgehead atoms. The van der Waals surface area contributed by atoms with Crippen LogP contribution in [0.1, 0.15) is 75.6 Å². The Bertz CT molecular complexity index is 1190. The maximum absolute atomic E-state index is 14.1. The van der Waals surface area contributed by atoms with Crippen molar-refractivity contribution in [3.63, 3.8) is 0 Å². The molecule has 4 rings (SSSR count). The van der Waals surface area contributed by atoms with Gasteiger partial charge in [-0.25, -0.2) is 4.79 Å². The van der Waals surface area contributed by atoms with E-state index in [0.717, 1.165) is 49.8 Å². The van der Waals surface area contributed by atoms with Gasteiger partial charge < -0.3 is 20.1 Å². The molecular weight excluding hydrogens is 521 g/mol. The van der Waals surface area contributed by atoms with Gasteiger partial charge in [-0.05, 0) is 42.0 Å². The van der Waals surface area contributed by atoms with Crippen molar-refractivity contribution in [2.45, 2.75) is 83.7 Å². The average molecular weight is 561 g/mol. The minimum atomic E-state index is -4.52. The molecule has 0 aromatic heterocycles. The molecule has 2 fully saturated rings. The molecule has 1 saturated heterocycles. The number of nitrogens with one attached hydrogen (secondary N) is 1. The lowest BCUT2D eigenvalue weighted by Gasteiger charge is -2.36. The summed E-state index contributed by atoms with van der Waals surface area (Å²) in [5.74, 6) is -1.71. The number of carboxylic acids is 1. The number of carbonyl (C=O) groups is 2. The van der Waals surface area contributed by atoms with Crippen LogP contribution in [-0.4, -0.2) is 41.1 Å². The maximum atomic E-state index is 14.1. The van der Waals surface area contributed by atoms with Crippen molar-refractivity contribution >= 4 is 11.9 Å². The van der Waals surface area contributed by atoms with Crippen LogP contribution in [0, 0.1) is 17.3 Å². The Morgan fingerprint density at radius 1 is 1.02 bits per heavy atom. The summed E-state index contributed by atoms with van der Waals surface area (Å²) in [5.41, 5.74) is -0.243. The number of ether oxygens (including phenoxy) is 1. The molecule has 4 atom stereocenters. The number of hydrogen-bond donors (Lipinski definition) is 2. The first-order valence-corrected chi connectivity index (χ1v) is 13.9. The van der Waals surface area contributed by atoms with Crippen LogP contribution in [0.5, 0.6) is 5.75 Å². The first-order chi connectivity index (χ1) is 18.8. The van der Waals surface area contributed by atoms with E-state index in [2.05, 4.69) is 5.32 Å². The molecule has 1 heterocycles. The second-order valence-electron chi connectivity index (χ2n) is 12.0. The zero-order valence-electron chi connectivity index (χ0n) is 23.5. The second-order valence-corrected chi connectivity index (χ2v) is 12.0. The van der Waals surface area contributed by atoms with Gasteiger partial charge in [0.1, 0.15) is 11.8 Å². The number of halogens is 3. The summed E-state index contributed by atoms with van der Waals surface area (Å²) < 4.78 is 46.0. The molecule has 0 spiro atoms. The summed E-state index contributed by atoms with van der Waals surface area (Å²) in [6.07, 6.45) is -0.157. The van der Waals surface area contributed by atoms with Crippen molar-refractivity contribution in [1.82, 2.24) is 10.2 Å². The highest BCUT2D eigenvalue weighted by Gasteiger charge is 2.58. The van der Waals surface area contributed by atoms with E-state index in [1.54, 1.807) is 4.90 Å². The van der Waals surface area contributed by atoms with Crippen molar-refractivity contribution < 1.29 is 32.6 Å². The second kappa shape index (κ2) is 11.8. The summed E-state index contributed by atoms with van der Waals surface area (Å²) in [7, 11) is 1.40. The third kappa shape index (κ3) is 6.14. The van der Waals surface area contributed by atoms with Gasteiger partial charge in [0.25, 0.3) is 0 Å². The lowest BCUT2D eigenvalue weighted by atomic mass is 9.72. The van der Waals surface area contributed by atoms with E-state index >= 15 is 0 Å². The van der Waals surface area contributed by atoms with E-state index < -0.39 is 47.2 Å². The predicted molar refractivity (Wildman–Crippen MR) is 146 cm³/mol. The Labute approximate surface area is 233 Å². The van der Waals surface area contributed by atoms with Crippen molar-refractivity contribution in [2.75, 3.05) is 7.11 Å². The molecular formula is C31H39F3N2O4. The largest absolute Gasteiger partial charge is 0.496 e. The molecule has 1 aliphatic carbocycles. The third-order valence-corrected chi connectivity index (χ3v) is 8.41. The molecule has 0 unspecified atom stereocenters. The van der Waals surface area contributed by atoms with Gasteiger partial charge >= 0.3 is 12.1 Å². The van der Waals surface area contributed by atoms with Crippen LogP contribution < -0.4 is 10.1 Å². The standard InChI is InChI=1S/C31H39F3N2O4/c1-30(2,3)24-25(35-18-21-17-22(31(32,33)34)15-16-23(21)40-4)26(19-11-7-5-8-12-19)36(27(24)29(38)39)28(37)20-13-9-6-10-14-20/h5,7-8,11-12,15-17,20,24-27,35H,6,9-10,13-14,18H2,1-4H3,(H,38,39)/t24-,25-,26-,27-/m1/s1. The van der Waals surface area contributed by atoms with Gasteiger partial charge in [0.2, 0.25) is 5.91 Å². The molecule has 2 N–H and O–H groups in total. The maximum Gasteiger partial charge on any atom is 0.416 e.